The molecule has 144 valence electrons. The maximum absolute atomic E-state index is 12.7. The number of aromatic nitrogens is 2. The minimum absolute atomic E-state index is 0.0846. The van der Waals surface area contributed by atoms with Crippen LogP contribution in [0.5, 0.6) is 0 Å². The Bertz CT molecular complexity index is 788. The van der Waals surface area contributed by atoms with E-state index in [1.54, 1.807) is 6.20 Å². The third-order valence-corrected chi connectivity index (χ3v) is 5.20. The van der Waals surface area contributed by atoms with E-state index in [4.69, 9.17) is 11.6 Å². The van der Waals surface area contributed by atoms with Crippen molar-refractivity contribution < 1.29 is 4.79 Å². The van der Waals surface area contributed by atoms with Gasteiger partial charge in [-0.3, -0.25) is 4.79 Å². The highest BCUT2D eigenvalue weighted by Crippen LogP contribution is 2.24. The minimum Gasteiger partial charge on any atom is -0.352 e. The molecule has 0 saturated heterocycles. The van der Waals surface area contributed by atoms with E-state index in [-0.39, 0.29) is 11.8 Å². The van der Waals surface area contributed by atoms with Crippen molar-refractivity contribution in [3.63, 3.8) is 0 Å². The van der Waals surface area contributed by atoms with Crippen LogP contribution in [-0.4, -0.2) is 22.4 Å². The van der Waals surface area contributed by atoms with E-state index >= 15 is 0 Å². The van der Waals surface area contributed by atoms with Crippen molar-refractivity contribution in [3.05, 3.63) is 46.7 Å². The summed E-state index contributed by atoms with van der Waals surface area (Å²) in [5.41, 5.74) is 2.11. The third kappa shape index (κ3) is 5.42. The van der Waals surface area contributed by atoms with Gasteiger partial charge in [0, 0.05) is 23.5 Å². The lowest BCUT2D eigenvalue weighted by Crippen LogP contribution is -2.31. The van der Waals surface area contributed by atoms with Gasteiger partial charge in [-0.1, -0.05) is 50.8 Å². The molecule has 0 unspecified atom stereocenters. The molecule has 3 rings (SSSR count). The van der Waals surface area contributed by atoms with Crippen molar-refractivity contribution in [1.82, 2.24) is 15.3 Å². The number of nitrogens with one attached hydrogen (secondary N) is 2. The largest absolute Gasteiger partial charge is 0.352 e. The second kappa shape index (κ2) is 9.18. The molecule has 0 aliphatic heterocycles. The van der Waals surface area contributed by atoms with E-state index in [0.717, 1.165) is 17.9 Å². The zero-order valence-electron chi connectivity index (χ0n) is 16.0. The van der Waals surface area contributed by atoms with Crippen LogP contribution in [0, 0.1) is 5.92 Å². The highest BCUT2D eigenvalue weighted by molar-refractivity contribution is 6.30. The molecule has 27 heavy (non-hydrogen) atoms. The first-order chi connectivity index (χ1) is 13.0. The molecule has 1 aliphatic carbocycles. The van der Waals surface area contributed by atoms with Gasteiger partial charge in [0.15, 0.2) is 0 Å². The molecule has 1 fully saturated rings. The summed E-state index contributed by atoms with van der Waals surface area (Å²) in [6.07, 6.45) is 7.88. The lowest BCUT2D eigenvalue weighted by Gasteiger charge is -2.22. The van der Waals surface area contributed by atoms with Crippen LogP contribution in [-0.2, 0) is 0 Å². The van der Waals surface area contributed by atoms with Crippen molar-refractivity contribution >= 4 is 29.1 Å². The van der Waals surface area contributed by atoms with Gasteiger partial charge in [0.2, 0.25) is 5.95 Å². The fourth-order valence-electron chi connectivity index (χ4n) is 3.49. The molecule has 1 aliphatic rings. The molecule has 6 heteroatoms. The Morgan fingerprint density at radius 2 is 2.04 bits per heavy atom. The van der Waals surface area contributed by atoms with Gasteiger partial charge in [0.25, 0.3) is 5.91 Å². The van der Waals surface area contributed by atoms with E-state index in [1.807, 2.05) is 38.1 Å². The summed E-state index contributed by atoms with van der Waals surface area (Å²) in [6.45, 7) is 4.80. The van der Waals surface area contributed by atoms with Crippen LogP contribution in [0.4, 0.5) is 11.6 Å². The number of hydrogen-bond acceptors (Lipinski definition) is 4. The zero-order valence-corrected chi connectivity index (χ0v) is 16.7. The van der Waals surface area contributed by atoms with Crippen molar-refractivity contribution in [2.24, 2.45) is 5.92 Å². The summed E-state index contributed by atoms with van der Waals surface area (Å²) >= 11 is 6.02. The predicted octanol–water partition coefficient (Wildman–Crippen LogP) is 5.31. The van der Waals surface area contributed by atoms with Crippen LogP contribution >= 0.6 is 11.6 Å². The summed E-state index contributed by atoms with van der Waals surface area (Å²) in [5, 5.41) is 6.88. The van der Waals surface area contributed by atoms with Gasteiger partial charge in [0.1, 0.15) is 0 Å². The van der Waals surface area contributed by atoms with Gasteiger partial charge in [-0.15, -0.1) is 0 Å². The molecule has 2 N–H and O–H groups in total. The summed E-state index contributed by atoms with van der Waals surface area (Å²) in [5.74, 6) is 1.08. The first-order valence-electron chi connectivity index (χ1n) is 9.70. The Labute approximate surface area is 166 Å². The van der Waals surface area contributed by atoms with Crippen LogP contribution in [0.1, 0.15) is 67.9 Å². The summed E-state index contributed by atoms with van der Waals surface area (Å²) in [7, 11) is 0. The number of nitrogens with zero attached hydrogens (tertiary/aromatic N) is 2. The molecule has 1 aromatic carbocycles. The number of carbonyl (C=O) groups is 1. The van der Waals surface area contributed by atoms with E-state index in [2.05, 4.69) is 20.6 Å². The zero-order chi connectivity index (χ0) is 19.2. The molecular formula is C21H27ClN4O. The molecule has 0 atom stereocenters. The van der Waals surface area contributed by atoms with Crippen LogP contribution < -0.4 is 10.6 Å². The number of benzene rings is 1. The van der Waals surface area contributed by atoms with Gasteiger partial charge in [-0.2, -0.15) is 0 Å². The maximum atomic E-state index is 12.7. The predicted molar refractivity (Wildman–Crippen MR) is 110 cm³/mol. The van der Waals surface area contributed by atoms with Gasteiger partial charge in [0.05, 0.1) is 11.3 Å². The molecule has 2 aromatic rings. The average Bonchev–Trinajstić information content (AvgIpc) is 2.67. The minimum atomic E-state index is -0.0846. The van der Waals surface area contributed by atoms with Crippen LogP contribution in [0.2, 0.25) is 5.02 Å². The highest BCUT2D eigenvalue weighted by Gasteiger charge is 2.19. The molecule has 1 amide bonds. The Hall–Kier alpha value is -2.14. The van der Waals surface area contributed by atoms with Gasteiger partial charge < -0.3 is 10.6 Å². The third-order valence-electron chi connectivity index (χ3n) is 4.97. The highest BCUT2D eigenvalue weighted by atomic mass is 35.5. The fourth-order valence-corrected chi connectivity index (χ4v) is 3.68. The van der Waals surface area contributed by atoms with Crippen molar-refractivity contribution in [2.75, 3.05) is 11.9 Å². The monoisotopic (exact) mass is 386 g/mol. The van der Waals surface area contributed by atoms with Crippen molar-refractivity contribution in [2.45, 2.75) is 51.9 Å². The van der Waals surface area contributed by atoms with Crippen molar-refractivity contribution in [3.8, 4) is 0 Å². The Morgan fingerprint density at radius 3 is 2.74 bits per heavy atom. The maximum Gasteiger partial charge on any atom is 0.254 e. The Balaban J connectivity index is 1.71. The number of carbonyl (C=O) groups excluding carboxylic acids is 1. The topological polar surface area (TPSA) is 66.9 Å². The van der Waals surface area contributed by atoms with E-state index < -0.39 is 0 Å². The first-order valence-corrected chi connectivity index (χ1v) is 10.1. The van der Waals surface area contributed by atoms with Crippen molar-refractivity contribution in [1.29, 1.82) is 0 Å². The fraction of sp³-hybridized carbons (Fsp3) is 0.476. The van der Waals surface area contributed by atoms with Gasteiger partial charge in [-0.25, -0.2) is 9.97 Å². The molecule has 5 nitrogen and oxygen atoms in total. The van der Waals surface area contributed by atoms with Gasteiger partial charge in [-0.05, 0) is 42.9 Å². The Morgan fingerprint density at radius 1 is 1.26 bits per heavy atom. The smallest absolute Gasteiger partial charge is 0.254 e. The summed E-state index contributed by atoms with van der Waals surface area (Å²) in [4.78, 5) is 21.6. The molecule has 0 spiro atoms. The van der Waals surface area contributed by atoms with Crippen LogP contribution in [0.3, 0.4) is 0 Å². The molecule has 1 aromatic heterocycles. The summed E-state index contributed by atoms with van der Waals surface area (Å²) in [6, 6.07) is 7.38. The number of amides is 1. The summed E-state index contributed by atoms with van der Waals surface area (Å²) < 4.78 is 0. The quantitative estimate of drug-likeness (QED) is 0.706. The lowest BCUT2D eigenvalue weighted by atomic mass is 9.89. The number of anilines is 2. The molecule has 1 saturated carbocycles. The van der Waals surface area contributed by atoms with Crippen LogP contribution in [0.25, 0.3) is 0 Å². The van der Waals surface area contributed by atoms with Gasteiger partial charge >= 0.3 is 0 Å². The number of hydrogen-bond donors (Lipinski definition) is 2. The second-order valence-electron chi connectivity index (χ2n) is 7.50. The first kappa shape index (κ1) is 19.6. The molecular weight excluding hydrogens is 360 g/mol. The normalized spacial score (nSPS) is 15.0. The van der Waals surface area contributed by atoms with E-state index in [0.29, 0.717) is 22.5 Å². The molecule has 1 heterocycles. The van der Waals surface area contributed by atoms with Crippen LogP contribution in [0.15, 0.2) is 30.5 Å². The van der Waals surface area contributed by atoms with E-state index in [9.17, 15) is 4.79 Å². The van der Waals surface area contributed by atoms with E-state index in [1.165, 1.54) is 32.1 Å². The lowest BCUT2D eigenvalue weighted by molar-refractivity contribution is 0.0941. The average molecular weight is 387 g/mol. The molecule has 0 radical (unpaired) electrons. The number of rotatable bonds is 6. The SMILES string of the molecule is CC(C)c1nc(Nc2cccc(Cl)c2)ncc1C(=O)NCC1CCCCC1. The number of halogens is 1. The Kier molecular flexibility index (Phi) is 6.67. The second-order valence-corrected chi connectivity index (χ2v) is 7.93. The molecule has 0 bridgehead atoms. The standard InChI is InChI=1S/C21H27ClN4O/c1-14(2)19-18(20(27)23-12-15-7-4-3-5-8-15)13-24-21(26-19)25-17-10-6-9-16(22)11-17/h6,9-11,13-15H,3-5,7-8,12H2,1-2H3,(H,23,27)(H,24,25,26).